The van der Waals surface area contributed by atoms with Gasteiger partial charge in [0.15, 0.2) is 17.3 Å². The summed E-state index contributed by atoms with van der Waals surface area (Å²) in [6, 6.07) is 3.12. The number of hydrogen-bond acceptors (Lipinski definition) is 4. The number of nitrogens with zero attached hydrogens (tertiary/aromatic N) is 2. The Labute approximate surface area is 109 Å². The highest BCUT2D eigenvalue weighted by Crippen LogP contribution is 2.38. The number of ether oxygens (including phenoxy) is 2. The van der Waals surface area contributed by atoms with Gasteiger partial charge < -0.3 is 15.2 Å². The standard InChI is InChI=1S/C13H14FN3O2/c1-17-13(15)9(7-16-17)8-5-10(14)12-11(6-8)18-3-2-4-19-12/h5-7H,2-4,15H2,1H3. The molecule has 0 saturated carbocycles. The topological polar surface area (TPSA) is 62.3 Å². The fourth-order valence-corrected chi connectivity index (χ4v) is 2.06. The molecule has 0 saturated heterocycles. The van der Waals surface area contributed by atoms with E-state index in [1.54, 1.807) is 19.3 Å². The van der Waals surface area contributed by atoms with Crippen LogP contribution in [0.4, 0.5) is 10.2 Å². The van der Waals surface area contributed by atoms with Gasteiger partial charge in [-0.3, -0.25) is 4.68 Å². The van der Waals surface area contributed by atoms with E-state index < -0.39 is 5.82 Å². The SMILES string of the molecule is Cn1ncc(-c2cc(F)c3c(c2)OCCCO3)c1N. The van der Waals surface area contributed by atoms with Crippen molar-refractivity contribution in [3.8, 4) is 22.6 Å². The Hall–Kier alpha value is -2.24. The Balaban J connectivity index is 2.11. The molecule has 0 unspecified atom stereocenters. The molecule has 1 aliphatic rings. The zero-order valence-electron chi connectivity index (χ0n) is 10.5. The molecular weight excluding hydrogens is 249 g/mol. The number of anilines is 1. The number of aromatic nitrogens is 2. The van der Waals surface area contributed by atoms with Gasteiger partial charge in [0, 0.05) is 19.0 Å². The highest BCUT2D eigenvalue weighted by Gasteiger charge is 2.19. The average molecular weight is 263 g/mol. The van der Waals surface area contributed by atoms with Crippen molar-refractivity contribution in [3.63, 3.8) is 0 Å². The van der Waals surface area contributed by atoms with E-state index >= 15 is 0 Å². The van der Waals surface area contributed by atoms with Gasteiger partial charge in [0.25, 0.3) is 0 Å². The van der Waals surface area contributed by atoms with Crippen LogP contribution in [-0.2, 0) is 7.05 Å². The highest BCUT2D eigenvalue weighted by molar-refractivity contribution is 5.75. The lowest BCUT2D eigenvalue weighted by atomic mass is 10.1. The molecule has 0 amide bonds. The summed E-state index contributed by atoms with van der Waals surface area (Å²) in [5.74, 6) is 0.617. The van der Waals surface area contributed by atoms with Crippen LogP contribution < -0.4 is 15.2 Å². The molecule has 2 aromatic rings. The second-order valence-electron chi connectivity index (χ2n) is 4.40. The maximum atomic E-state index is 14.1. The van der Waals surface area contributed by atoms with Gasteiger partial charge in [-0.25, -0.2) is 4.39 Å². The summed E-state index contributed by atoms with van der Waals surface area (Å²) in [5, 5.41) is 4.05. The molecule has 0 bridgehead atoms. The van der Waals surface area contributed by atoms with Crippen LogP contribution in [-0.4, -0.2) is 23.0 Å². The molecule has 1 aromatic carbocycles. The largest absolute Gasteiger partial charge is 0.489 e. The van der Waals surface area contributed by atoms with Gasteiger partial charge in [-0.05, 0) is 17.7 Å². The van der Waals surface area contributed by atoms with Gasteiger partial charge in [-0.15, -0.1) is 0 Å². The van der Waals surface area contributed by atoms with Crippen molar-refractivity contribution >= 4 is 5.82 Å². The van der Waals surface area contributed by atoms with Crippen molar-refractivity contribution in [3.05, 3.63) is 24.1 Å². The van der Waals surface area contributed by atoms with Crippen LogP contribution in [0.3, 0.4) is 0 Å². The quantitative estimate of drug-likeness (QED) is 0.854. The lowest BCUT2D eigenvalue weighted by molar-refractivity contribution is 0.292. The van der Waals surface area contributed by atoms with Crippen molar-refractivity contribution in [1.29, 1.82) is 0 Å². The molecule has 5 nitrogen and oxygen atoms in total. The molecule has 2 N–H and O–H groups in total. The molecular formula is C13H14FN3O2. The zero-order chi connectivity index (χ0) is 13.4. The summed E-state index contributed by atoms with van der Waals surface area (Å²) in [4.78, 5) is 0. The molecule has 0 atom stereocenters. The molecule has 0 aliphatic carbocycles. The molecule has 19 heavy (non-hydrogen) atoms. The van der Waals surface area contributed by atoms with E-state index in [-0.39, 0.29) is 5.75 Å². The van der Waals surface area contributed by atoms with Crippen molar-refractivity contribution in [2.45, 2.75) is 6.42 Å². The van der Waals surface area contributed by atoms with Crippen molar-refractivity contribution in [1.82, 2.24) is 9.78 Å². The number of nitrogen functional groups attached to an aromatic ring is 1. The molecule has 0 radical (unpaired) electrons. The van der Waals surface area contributed by atoms with E-state index in [1.165, 1.54) is 10.7 Å². The lowest BCUT2D eigenvalue weighted by Crippen LogP contribution is -1.99. The molecule has 6 heteroatoms. The molecule has 3 rings (SSSR count). The first-order chi connectivity index (χ1) is 9.16. The third kappa shape index (κ3) is 1.99. The number of nitrogens with two attached hydrogens (primary N) is 1. The number of fused-ring (bicyclic) bond motifs is 1. The van der Waals surface area contributed by atoms with Crippen molar-refractivity contribution < 1.29 is 13.9 Å². The Morgan fingerprint density at radius 3 is 2.84 bits per heavy atom. The summed E-state index contributed by atoms with van der Waals surface area (Å²) in [5.41, 5.74) is 7.21. The zero-order valence-corrected chi connectivity index (χ0v) is 10.5. The molecule has 1 aliphatic heterocycles. The average Bonchev–Trinajstić information content (AvgIpc) is 2.62. The second kappa shape index (κ2) is 4.46. The Morgan fingerprint density at radius 2 is 2.11 bits per heavy atom. The van der Waals surface area contributed by atoms with E-state index in [1.807, 2.05) is 0 Å². The van der Waals surface area contributed by atoms with Gasteiger partial charge in [0.1, 0.15) is 5.82 Å². The van der Waals surface area contributed by atoms with E-state index in [0.717, 1.165) is 6.42 Å². The summed E-state index contributed by atoms with van der Waals surface area (Å²) in [6.45, 7) is 0.969. The number of benzene rings is 1. The lowest BCUT2D eigenvalue weighted by Gasteiger charge is -2.10. The van der Waals surface area contributed by atoms with Crippen LogP contribution in [0.15, 0.2) is 18.3 Å². The fourth-order valence-electron chi connectivity index (χ4n) is 2.06. The molecule has 0 fully saturated rings. The Morgan fingerprint density at radius 1 is 1.32 bits per heavy atom. The summed E-state index contributed by atoms with van der Waals surface area (Å²) >= 11 is 0. The van der Waals surface area contributed by atoms with Crippen LogP contribution in [0.5, 0.6) is 11.5 Å². The van der Waals surface area contributed by atoms with Gasteiger partial charge in [0.2, 0.25) is 0 Å². The minimum atomic E-state index is -0.447. The van der Waals surface area contributed by atoms with E-state index in [9.17, 15) is 4.39 Å². The Kier molecular flexibility index (Phi) is 2.77. The molecule has 100 valence electrons. The second-order valence-corrected chi connectivity index (χ2v) is 4.40. The molecule has 0 spiro atoms. The summed E-state index contributed by atoms with van der Waals surface area (Å²) in [6.07, 6.45) is 2.34. The maximum Gasteiger partial charge on any atom is 0.197 e. The van der Waals surface area contributed by atoms with E-state index in [4.69, 9.17) is 15.2 Å². The van der Waals surface area contributed by atoms with E-state index in [2.05, 4.69) is 5.10 Å². The van der Waals surface area contributed by atoms with Crippen LogP contribution >= 0.6 is 0 Å². The summed E-state index contributed by atoms with van der Waals surface area (Å²) < 4.78 is 26.5. The normalized spacial score (nSPS) is 14.2. The third-order valence-electron chi connectivity index (χ3n) is 3.10. The fraction of sp³-hybridized carbons (Fsp3) is 0.308. The van der Waals surface area contributed by atoms with E-state index in [0.29, 0.717) is 35.9 Å². The Bertz CT molecular complexity index is 625. The van der Waals surface area contributed by atoms with Crippen LogP contribution in [0.25, 0.3) is 11.1 Å². The molecule has 2 heterocycles. The van der Waals surface area contributed by atoms with Gasteiger partial charge in [-0.1, -0.05) is 0 Å². The van der Waals surface area contributed by atoms with Crippen molar-refractivity contribution in [2.75, 3.05) is 18.9 Å². The maximum absolute atomic E-state index is 14.1. The molecule has 1 aromatic heterocycles. The van der Waals surface area contributed by atoms with Gasteiger partial charge in [0.05, 0.1) is 19.4 Å². The third-order valence-corrected chi connectivity index (χ3v) is 3.10. The van der Waals surface area contributed by atoms with Crippen LogP contribution in [0.2, 0.25) is 0 Å². The van der Waals surface area contributed by atoms with Gasteiger partial charge >= 0.3 is 0 Å². The number of halogens is 1. The first kappa shape index (κ1) is 11.8. The number of aryl methyl sites for hydroxylation is 1. The smallest absolute Gasteiger partial charge is 0.197 e. The first-order valence-electron chi connectivity index (χ1n) is 6.04. The predicted molar refractivity (Wildman–Crippen MR) is 68.6 cm³/mol. The summed E-state index contributed by atoms with van der Waals surface area (Å²) in [7, 11) is 1.73. The first-order valence-corrected chi connectivity index (χ1v) is 6.04. The van der Waals surface area contributed by atoms with Crippen LogP contribution in [0, 0.1) is 5.82 Å². The monoisotopic (exact) mass is 263 g/mol. The highest BCUT2D eigenvalue weighted by atomic mass is 19.1. The minimum Gasteiger partial charge on any atom is -0.489 e. The van der Waals surface area contributed by atoms with Gasteiger partial charge in [-0.2, -0.15) is 5.10 Å². The number of hydrogen-bond donors (Lipinski definition) is 1. The predicted octanol–water partition coefficient (Wildman–Crippen LogP) is 1.97. The minimum absolute atomic E-state index is 0.170. The van der Waals surface area contributed by atoms with Crippen molar-refractivity contribution in [2.24, 2.45) is 7.05 Å². The number of rotatable bonds is 1. The van der Waals surface area contributed by atoms with Crippen LogP contribution in [0.1, 0.15) is 6.42 Å².